The SMILES string of the molecule is NCc1cccc(F)c1OCCF. The lowest BCUT2D eigenvalue weighted by Crippen LogP contribution is -2.06. The molecule has 0 bridgehead atoms. The van der Waals surface area contributed by atoms with Gasteiger partial charge in [-0.2, -0.15) is 0 Å². The molecule has 0 heterocycles. The average Bonchev–Trinajstić information content (AvgIpc) is 2.15. The summed E-state index contributed by atoms with van der Waals surface area (Å²) in [6.07, 6.45) is 0. The number of alkyl halides is 1. The lowest BCUT2D eigenvalue weighted by molar-refractivity contribution is 0.260. The van der Waals surface area contributed by atoms with Crippen molar-refractivity contribution in [2.45, 2.75) is 6.54 Å². The third-order valence-corrected chi connectivity index (χ3v) is 1.59. The molecule has 0 radical (unpaired) electrons. The molecule has 0 aliphatic carbocycles. The first-order chi connectivity index (χ1) is 6.29. The smallest absolute Gasteiger partial charge is 0.165 e. The Bertz CT molecular complexity index is 278. The van der Waals surface area contributed by atoms with Crippen molar-refractivity contribution < 1.29 is 13.5 Å². The van der Waals surface area contributed by atoms with Gasteiger partial charge >= 0.3 is 0 Å². The van der Waals surface area contributed by atoms with Gasteiger partial charge in [0, 0.05) is 12.1 Å². The first-order valence-electron chi connectivity index (χ1n) is 3.95. The summed E-state index contributed by atoms with van der Waals surface area (Å²) >= 11 is 0. The zero-order valence-electron chi connectivity index (χ0n) is 7.09. The van der Waals surface area contributed by atoms with Crippen molar-refractivity contribution in [3.63, 3.8) is 0 Å². The number of nitrogens with two attached hydrogens (primary N) is 1. The highest BCUT2D eigenvalue weighted by Gasteiger charge is 2.07. The summed E-state index contributed by atoms with van der Waals surface area (Å²) in [6.45, 7) is -0.605. The largest absolute Gasteiger partial charge is 0.487 e. The van der Waals surface area contributed by atoms with E-state index in [0.29, 0.717) is 5.56 Å². The van der Waals surface area contributed by atoms with Crippen LogP contribution in [0.5, 0.6) is 5.75 Å². The van der Waals surface area contributed by atoms with E-state index in [9.17, 15) is 8.78 Å². The van der Waals surface area contributed by atoms with Crippen LogP contribution in [0.4, 0.5) is 8.78 Å². The van der Waals surface area contributed by atoms with Crippen LogP contribution in [-0.4, -0.2) is 13.3 Å². The summed E-state index contributed by atoms with van der Waals surface area (Å²) in [5, 5.41) is 0. The molecule has 1 rings (SSSR count). The molecule has 2 N–H and O–H groups in total. The molecule has 4 heteroatoms. The molecule has 0 amide bonds. The maximum atomic E-state index is 13.1. The first-order valence-corrected chi connectivity index (χ1v) is 3.95. The standard InChI is InChI=1S/C9H11F2NO/c10-4-5-13-9-7(6-12)2-1-3-8(9)11/h1-3H,4-6,12H2. The fraction of sp³-hybridized carbons (Fsp3) is 0.333. The third-order valence-electron chi connectivity index (χ3n) is 1.59. The van der Waals surface area contributed by atoms with E-state index in [0.717, 1.165) is 0 Å². The van der Waals surface area contributed by atoms with Crippen LogP contribution in [0, 0.1) is 5.82 Å². The summed E-state index contributed by atoms with van der Waals surface area (Å²) in [4.78, 5) is 0. The molecule has 1 aromatic rings. The van der Waals surface area contributed by atoms with E-state index in [1.807, 2.05) is 0 Å². The number of ether oxygens (including phenoxy) is 1. The topological polar surface area (TPSA) is 35.2 Å². The zero-order valence-corrected chi connectivity index (χ0v) is 7.09. The highest BCUT2D eigenvalue weighted by Crippen LogP contribution is 2.21. The van der Waals surface area contributed by atoms with Gasteiger partial charge in [0.15, 0.2) is 11.6 Å². The van der Waals surface area contributed by atoms with Crippen molar-refractivity contribution in [1.82, 2.24) is 0 Å². The van der Waals surface area contributed by atoms with E-state index in [2.05, 4.69) is 0 Å². The summed E-state index contributed by atoms with van der Waals surface area (Å²) in [5.74, 6) is -0.445. The molecule has 0 aliphatic rings. The summed E-state index contributed by atoms with van der Waals surface area (Å²) in [7, 11) is 0. The van der Waals surface area contributed by atoms with Crippen molar-refractivity contribution in [3.8, 4) is 5.75 Å². The van der Waals surface area contributed by atoms with Gasteiger partial charge in [-0.05, 0) is 6.07 Å². The second-order valence-electron chi connectivity index (χ2n) is 2.47. The second kappa shape index (κ2) is 4.77. The van der Waals surface area contributed by atoms with Gasteiger partial charge in [0.25, 0.3) is 0 Å². The van der Waals surface area contributed by atoms with Gasteiger partial charge in [-0.3, -0.25) is 0 Å². The van der Waals surface area contributed by atoms with Crippen molar-refractivity contribution in [2.24, 2.45) is 5.73 Å². The van der Waals surface area contributed by atoms with Crippen molar-refractivity contribution >= 4 is 0 Å². The first kappa shape index (κ1) is 9.92. The Hall–Kier alpha value is -1.16. The number of rotatable bonds is 4. The van der Waals surface area contributed by atoms with Crippen LogP contribution in [-0.2, 0) is 6.54 Å². The van der Waals surface area contributed by atoms with Crippen LogP contribution in [0.1, 0.15) is 5.56 Å². The van der Waals surface area contributed by atoms with Gasteiger partial charge in [-0.15, -0.1) is 0 Å². The minimum atomic E-state index is -0.641. The number of hydrogen-bond acceptors (Lipinski definition) is 2. The van der Waals surface area contributed by atoms with Gasteiger partial charge in [0.05, 0.1) is 0 Å². The van der Waals surface area contributed by atoms with Crippen LogP contribution < -0.4 is 10.5 Å². The summed E-state index contributed by atoms with van der Waals surface area (Å²) in [6, 6.07) is 4.45. The Kier molecular flexibility index (Phi) is 3.64. The average molecular weight is 187 g/mol. The molecule has 0 fully saturated rings. The monoisotopic (exact) mass is 187 g/mol. The van der Waals surface area contributed by atoms with Crippen molar-refractivity contribution in [2.75, 3.05) is 13.3 Å². The molecule has 0 aliphatic heterocycles. The minimum absolute atomic E-state index is 0.0580. The van der Waals surface area contributed by atoms with Gasteiger partial charge in [-0.1, -0.05) is 12.1 Å². The van der Waals surface area contributed by atoms with E-state index < -0.39 is 12.5 Å². The van der Waals surface area contributed by atoms with Gasteiger partial charge < -0.3 is 10.5 Å². The van der Waals surface area contributed by atoms with Crippen LogP contribution in [0.25, 0.3) is 0 Å². The molecule has 72 valence electrons. The third kappa shape index (κ3) is 2.39. The van der Waals surface area contributed by atoms with Gasteiger partial charge in [-0.25, -0.2) is 8.78 Å². The molecule has 0 aromatic heterocycles. The Balaban J connectivity index is 2.87. The predicted molar refractivity (Wildman–Crippen MR) is 45.8 cm³/mol. The Labute approximate surface area is 75.3 Å². The highest BCUT2D eigenvalue weighted by atomic mass is 19.1. The fourth-order valence-corrected chi connectivity index (χ4v) is 1.02. The van der Waals surface area contributed by atoms with Crippen LogP contribution in [0.2, 0.25) is 0 Å². The minimum Gasteiger partial charge on any atom is -0.487 e. The molecule has 0 saturated heterocycles. The van der Waals surface area contributed by atoms with E-state index in [4.69, 9.17) is 10.5 Å². The summed E-state index contributed by atoms with van der Waals surface area (Å²) in [5.41, 5.74) is 5.90. The molecule has 0 spiro atoms. The number of halogens is 2. The van der Waals surface area contributed by atoms with Crippen molar-refractivity contribution in [3.05, 3.63) is 29.6 Å². The van der Waals surface area contributed by atoms with Crippen LogP contribution >= 0.6 is 0 Å². The van der Waals surface area contributed by atoms with E-state index in [1.165, 1.54) is 6.07 Å². The zero-order chi connectivity index (χ0) is 9.68. The molecule has 2 nitrogen and oxygen atoms in total. The Morgan fingerprint density at radius 1 is 1.38 bits per heavy atom. The fourth-order valence-electron chi connectivity index (χ4n) is 1.02. The van der Waals surface area contributed by atoms with E-state index >= 15 is 0 Å². The van der Waals surface area contributed by atoms with Gasteiger partial charge in [0.1, 0.15) is 13.3 Å². The maximum absolute atomic E-state index is 13.1. The van der Waals surface area contributed by atoms with Crippen molar-refractivity contribution in [1.29, 1.82) is 0 Å². The summed E-state index contributed by atoms with van der Waals surface area (Å²) < 4.78 is 29.7. The molecule has 1 aromatic carbocycles. The molecule has 13 heavy (non-hydrogen) atoms. The molecular weight excluding hydrogens is 176 g/mol. The van der Waals surface area contributed by atoms with Crippen LogP contribution in [0.15, 0.2) is 18.2 Å². The maximum Gasteiger partial charge on any atom is 0.165 e. The number of para-hydroxylation sites is 1. The number of hydrogen-bond donors (Lipinski definition) is 1. The predicted octanol–water partition coefficient (Wildman–Crippen LogP) is 1.63. The van der Waals surface area contributed by atoms with E-state index in [1.54, 1.807) is 12.1 Å². The molecule has 0 saturated carbocycles. The molecular formula is C9H11F2NO. The molecule has 0 unspecified atom stereocenters. The quantitative estimate of drug-likeness (QED) is 0.777. The van der Waals surface area contributed by atoms with Gasteiger partial charge in [0.2, 0.25) is 0 Å². The second-order valence-corrected chi connectivity index (χ2v) is 2.47. The Morgan fingerprint density at radius 3 is 2.77 bits per heavy atom. The highest BCUT2D eigenvalue weighted by molar-refractivity contribution is 5.34. The Morgan fingerprint density at radius 2 is 2.15 bits per heavy atom. The number of benzene rings is 1. The lowest BCUT2D eigenvalue weighted by Gasteiger charge is -2.09. The molecule has 0 atom stereocenters. The van der Waals surface area contributed by atoms with E-state index in [-0.39, 0.29) is 18.9 Å². The lowest BCUT2D eigenvalue weighted by atomic mass is 10.2. The normalized spacial score (nSPS) is 10.1. The van der Waals surface area contributed by atoms with Crippen LogP contribution in [0.3, 0.4) is 0 Å².